The number of nitrogens with zero attached hydrogens (tertiary/aromatic N) is 1. The van der Waals surface area contributed by atoms with E-state index in [0.717, 1.165) is 44.9 Å². The Morgan fingerprint density at radius 3 is 1.30 bits per heavy atom. The third-order valence-corrected chi connectivity index (χ3v) is 13.3. The van der Waals surface area contributed by atoms with Gasteiger partial charge < -0.3 is 28.8 Å². The van der Waals surface area contributed by atoms with Gasteiger partial charge in [-0.1, -0.05) is 237 Å². The van der Waals surface area contributed by atoms with Crippen molar-refractivity contribution in [2.75, 3.05) is 40.9 Å². The molecule has 3 unspecified atom stereocenters. The minimum absolute atomic E-state index is 0.00154. The Morgan fingerprint density at radius 2 is 0.906 bits per heavy atom. The molecule has 2 N–H and O–H groups in total. The molecule has 0 aliphatic rings. The minimum atomic E-state index is -4.60. The normalized spacial score (nSPS) is 14.3. The summed E-state index contributed by atoms with van der Waals surface area (Å²) in [6.07, 6.45) is 59.1. The molecule has 64 heavy (non-hydrogen) atoms. The van der Waals surface area contributed by atoms with Crippen molar-refractivity contribution in [2.45, 2.75) is 270 Å². The topological polar surface area (TPSA) is 108 Å². The van der Waals surface area contributed by atoms with E-state index in [1.807, 2.05) is 27.2 Å². The smallest absolute Gasteiger partial charge is 0.268 e. The van der Waals surface area contributed by atoms with Crippen molar-refractivity contribution < 1.29 is 32.9 Å². The molecule has 378 valence electrons. The molecule has 0 aromatic heterocycles. The maximum atomic E-state index is 12.9. The predicted octanol–water partition coefficient (Wildman–Crippen LogP) is 15.6. The number of phosphoric acid groups is 1. The standard InChI is InChI=1S/C55H107N2O6P/c1-6-8-10-12-14-16-18-20-22-24-26-28-30-32-34-36-38-40-42-44-46-48-54(58)53(52-63-64(60,61)62-51-50-57(3,4)5)56-55(59)49-47-45-43-41-39-37-35-33-31-29-27-25-23-21-19-17-15-13-11-9-7-2/h19,21,25,27,46,48,53-54,58H,6-18,20,22-24,26,28-45,47,49-52H2,1-5H3,(H-,56,59,60,61)/b21-19-,27-25-,48-46+. The quantitative estimate of drug-likeness (QED) is 0.0272. The van der Waals surface area contributed by atoms with Gasteiger partial charge in [0.1, 0.15) is 13.2 Å². The van der Waals surface area contributed by atoms with E-state index in [-0.39, 0.29) is 19.1 Å². The van der Waals surface area contributed by atoms with Crippen LogP contribution >= 0.6 is 7.82 Å². The molecule has 0 bridgehead atoms. The predicted molar refractivity (Wildman–Crippen MR) is 275 cm³/mol. The number of carbonyl (C=O) groups is 1. The van der Waals surface area contributed by atoms with Crippen molar-refractivity contribution in [3.8, 4) is 0 Å². The Kier molecular flexibility index (Phi) is 45.9. The lowest BCUT2D eigenvalue weighted by Crippen LogP contribution is -2.45. The van der Waals surface area contributed by atoms with Crippen molar-refractivity contribution in [1.82, 2.24) is 5.32 Å². The number of hydrogen-bond acceptors (Lipinski definition) is 6. The zero-order valence-corrected chi connectivity index (χ0v) is 43.9. The molecule has 0 aromatic rings. The zero-order chi connectivity index (χ0) is 47.1. The van der Waals surface area contributed by atoms with Crippen LogP contribution in [0, 0.1) is 0 Å². The first kappa shape index (κ1) is 62.7. The van der Waals surface area contributed by atoms with Crippen molar-refractivity contribution in [1.29, 1.82) is 0 Å². The maximum Gasteiger partial charge on any atom is 0.268 e. The largest absolute Gasteiger partial charge is 0.756 e. The molecule has 1 amide bonds. The summed E-state index contributed by atoms with van der Waals surface area (Å²) in [6.45, 7) is 4.66. The highest BCUT2D eigenvalue weighted by molar-refractivity contribution is 7.45. The Hall–Kier alpha value is -1.28. The monoisotopic (exact) mass is 923 g/mol. The second kappa shape index (κ2) is 46.8. The number of likely N-dealkylation sites (N-methyl/N-ethyl adjacent to an activating group) is 1. The van der Waals surface area contributed by atoms with Gasteiger partial charge in [-0.05, 0) is 51.4 Å². The lowest BCUT2D eigenvalue weighted by atomic mass is 10.0. The van der Waals surface area contributed by atoms with Crippen LogP contribution < -0.4 is 10.2 Å². The molecule has 0 heterocycles. The number of phosphoric ester groups is 1. The first-order valence-corrected chi connectivity index (χ1v) is 28.8. The van der Waals surface area contributed by atoms with Crippen molar-refractivity contribution in [3.63, 3.8) is 0 Å². The molecule has 0 aliphatic carbocycles. The molecule has 0 aliphatic heterocycles. The third-order valence-electron chi connectivity index (χ3n) is 12.3. The van der Waals surface area contributed by atoms with Gasteiger partial charge in [-0.25, -0.2) is 0 Å². The molecule has 0 saturated carbocycles. The van der Waals surface area contributed by atoms with Crippen LogP contribution in [0.5, 0.6) is 0 Å². The zero-order valence-electron chi connectivity index (χ0n) is 43.0. The molecule has 0 saturated heterocycles. The summed E-state index contributed by atoms with van der Waals surface area (Å²) in [5, 5.41) is 13.9. The van der Waals surface area contributed by atoms with Crippen LogP contribution in [-0.4, -0.2) is 68.5 Å². The lowest BCUT2D eigenvalue weighted by Gasteiger charge is -2.29. The summed E-state index contributed by atoms with van der Waals surface area (Å²) in [5.74, 6) is -0.200. The summed E-state index contributed by atoms with van der Waals surface area (Å²) in [4.78, 5) is 25.5. The number of hydrogen-bond donors (Lipinski definition) is 2. The van der Waals surface area contributed by atoms with Crippen molar-refractivity contribution in [2.24, 2.45) is 0 Å². The van der Waals surface area contributed by atoms with E-state index in [0.29, 0.717) is 17.4 Å². The number of amides is 1. The molecule has 0 fully saturated rings. The number of aliphatic hydroxyl groups is 1. The van der Waals surface area contributed by atoms with E-state index in [9.17, 15) is 19.4 Å². The van der Waals surface area contributed by atoms with Crippen LogP contribution in [0.25, 0.3) is 0 Å². The van der Waals surface area contributed by atoms with Crippen LogP contribution in [0.15, 0.2) is 36.5 Å². The summed E-state index contributed by atoms with van der Waals surface area (Å²) in [7, 11) is 1.26. The molecule has 3 atom stereocenters. The van der Waals surface area contributed by atoms with Crippen molar-refractivity contribution >= 4 is 13.7 Å². The molecular weight excluding hydrogens is 816 g/mol. The average Bonchev–Trinajstić information content (AvgIpc) is 3.25. The van der Waals surface area contributed by atoms with E-state index in [2.05, 4.69) is 43.5 Å². The second-order valence-electron chi connectivity index (χ2n) is 19.9. The fourth-order valence-corrected chi connectivity index (χ4v) is 8.73. The molecule has 0 radical (unpaired) electrons. The van der Waals surface area contributed by atoms with Crippen LogP contribution in [-0.2, 0) is 18.4 Å². The van der Waals surface area contributed by atoms with E-state index in [1.54, 1.807) is 6.08 Å². The highest BCUT2D eigenvalue weighted by Gasteiger charge is 2.23. The Morgan fingerprint density at radius 1 is 0.547 bits per heavy atom. The van der Waals surface area contributed by atoms with Crippen molar-refractivity contribution in [3.05, 3.63) is 36.5 Å². The molecular formula is C55H107N2O6P. The Bertz CT molecular complexity index is 1140. The van der Waals surface area contributed by atoms with Gasteiger partial charge in [0.15, 0.2) is 0 Å². The van der Waals surface area contributed by atoms with Crippen LogP contribution in [0.3, 0.4) is 0 Å². The van der Waals surface area contributed by atoms with Gasteiger partial charge in [0.2, 0.25) is 5.91 Å². The summed E-state index contributed by atoms with van der Waals surface area (Å²) < 4.78 is 23.3. The van der Waals surface area contributed by atoms with Gasteiger partial charge in [0.05, 0.1) is 39.9 Å². The first-order chi connectivity index (χ1) is 31.0. The number of aliphatic hydroxyl groups excluding tert-OH is 1. The Balaban J connectivity index is 4.27. The summed E-state index contributed by atoms with van der Waals surface area (Å²) in [5.41, 5.74) is 0. The van der Waals surface area contributed by atoms with Gasteiger partial charge in [-0.15, -0.1) is 0 Å². The Labute approximate surface area is 397 Å². The van der Waals surface area contributed by atoms with E-state index < -0.39 is 20.0 Å². The molecule has 0 spiro atoms. The van der Waals surface area contributed by atoms with Gasteiger partial charge in [-0.2, -0.15) is 0 Å². The number of nitrogens with one attached hydrogen (secondary N) is 1. The molecule has 0 aromatic carbocycles. The summed E-state index contributed by atoms with van der Waals surface area (Å²) in [6, 6.07) is -0.889. The van der Waals surface area contributed by atoms with Gasteiger partial charge in [0, 0.05) is 6.42 Å². The molecule has 9 heteroatoms. The SMILES string of the molecule is CCCCCCC/C=C\C/C=C\CCCCCCCCCCCC(=O)NC(COP(=O)([O-])OCC[N+](C)(C)C)C(O)/C=C/CCCCCCCCCCCCCCCCCCCCC. The maximum absolute atomic E-state index is 12.9. The first-order valence-electron chi connectivity index (χ1n) is 27.4. The van der Waals surface area contributed by atoms with Crippen LogP contribution in [0.1, 0.15) is 258 Å². The number of unbranched alkanes of at least 4 members (excludes halogenated alkanes) is 33. The van der Waals surface area contributed by atoms with Gasteiger partial charge in [0.25, 0.3) is 7.82 Å². The minimum Gasteiger partial charge on any atom is -0.756 e. The molecule has 8 nitrogen and oxygen atoms in total. The number of rotatable bonds is 50. The second-order valence-corrected chi connectivity index (χ2v) is 21.3. The highest BCUT2D eigenvalue weighted by Crippen LogP contribution is 2.38. The van der Waals surface area contributed by atoms with E-state index in [1.165, 1.54) is 193 Å². The van der Waals surface area contributed by atoms with Crippen LogP contribution in [0.4, 0.5) is 0 Å². The molecule has 0 rings (SSSR count). The number of allylic oxidation sites excluding steroid dienone is 5. The van der Waals surface area contributed by atoms with Gasteiger partial charge in [-0.3, -0.25) is 9.36 Å². The lowest BCUT2D eigenvalue weighted by molar-refractivity contribution is -0.870. The number of carbonyl (C=O) groups excluding carboxylic acids is 1. The fraction of sp³-hybridized carbons (Fsp3) is 0.873. The van der Waals surface area contributed by atoms with E-state index in [4.69, 9.17) is 9.05 Å². The fourth-order valence-electron chi connectivity index (χ4n) is 8.01. The van der Waals surface area contributed by atoms with Crippen LogP contribution in [0.2, 0.25) is 0 Å². The third kappa shape index (κ3) is 48.6. The van der Waals surface area contributed by atoms with Gasteiger partial charge >= 0.3 is 0 Å². The average molecular weight is 923 g/mol. The summed E-state index contributed by atoms with van der Waals surface area (Å²) >= 11 is 0. The highest BCUT2D eigenvalue weighted by atomic mass is 31.2. The van der Waals surface area contributed by atoms with E-state index >= 15 is 0 Å². The number of quaternary nitrogens is 1.